The predicted octanol–water partition coefficient (Wildman–Crippen LogP) is 3.40. The summed E-state index contributed by atoms with van der Waals surface area (Å²) < 4.78 is 0.386. The van der Waals surface area contributed by atoms with Gasteiger partial charge in [0.2, 0.25) is 0 Å². The van der Waals surface area contributed by atoms with Crippen molar-refractivity contribution >= 4 is 11.8 Å². The standard InChI is InChI=1S/C10H16S/c1-9(2)5-7-10(3)6-4-8-11-10/h4-6H,7-8H2,1-3H3. The van der Waals surface area contributed by atoms with Crippen LogP contribution >= 0.6 is 11.8 Å². The lowest BCUT2D eigenvalue weighted by molar-refractivity contribution is 0.810. The molecule has 1 heteroatoms. The molecule has 0 aliphatic carbocycles. The largest absolute Gasteiger partial charge is 0.147 e. The summed E-state index contributed by atoms with van der Waals surface area (Å²) in [5.41, 5.74) is 1.42. The number of rotatable bonds is 2. The molecule has 0 bridgehead atoms. The number of allylic oxidation sites excluding steroid dienone is 2. The van der Waals surface area contributed by atoms with Gasteiger partial charge in [0, 0.05) is 10.5 Å². The zero-order chi connectivity index (χ0) is 8.32. The van der Waals surface area contributed by atoms with Crippen molar-refractivity contribution in [3.63, 3.8) is 0 Å². The van der Waals surface area contributed by atoms with E-state index >= 15 is 0 Å². The molecule has 1 rings (SSSR count). The van der Waals surface area contributed by atoms with E-state index in [0.29, 0.717) is 4.75 Å². The first kappa shape index (κ1) is 8.92. The second kappa shape index (κ2) is 3.48. The molecule has 1 unspecified atom stereocenters. The van der Waals surface area contributed by atoms with Crippen LogP contribution in [0, 0.1) is 0 Å². The van der Waals surface area contributed by atoms with Gasteiger partial charge in [-0.15, -0.1) is 11.8 Å². The maximum Gasteiger partial charge on any atom is 0.0348 e. The average molecular weight is 168 g/mol. The minimum absolute atomic E-state index is 0.386. The third-order valence-electron chi connectivity index (χ3n) is 1.90. The van der Waals surface area contributed by atoms with Crippen LogP contribution in [0.25, 0.3) is 0 Å². The fourth-order valence-electron chi connectivity index (χ4n) is 1.12. The van der Waals surface area contributed by atoms with E-state index in [-0.39, 0.29) is 0 Å². The lowest BCUT2D eigenvalue weighted by atomic mass is 10.1. The zero-order valence-corrected chi connectivity index (χ0v) is 8.37. The van der Waals surface area contributed by atoms with Crippen molar-refractivity contribution in [1.82, 2.24) is 0 Å². The monoisotopic (exact) mass is 168 g/mol. The zero-order valence-electron chi connectivity index (χ0n) is 7.55. The molecule has 0 spiro atoms. The third-order valence-corrected chi connectivity index (χ3v) is 3.22. The van der Waals surface area contributed by atoms with E-state index in [1.807, 2.05) is 11.8 Å². The van der Waals surface area contributed by atoms with E-state index in [2.05, 4.69) is 39.0 Å². The van der Waals surface area contributed by atoms with E-state index in [1.165, 1.54) is 17.7 Å². The molecule has 0 fully saturated rings. The highest BCUT2D eigenvalue weighted by Gasteiger charge is 2.22. The molecule has 1 aliphatic rings. The van der Waals surface area contributed by atoms with Crippen molar-refractivity contribution in [2.75, 3.05) is 5.75 Å². The van der Waals surface area contributed by atoms with Crippen LogP contribution in [0.15, 0.2) is 23.8 Å². The van der Waals surface area contributed by atoms with Gasteiger partial charge in [0.05, 0.1) is 0 Å². The summed E-state index contributed by atoms with van der Waals surface area (Å²) in [5.74, 6) is 1.19. The van der Waals surface area contributed by atoms with Crippen LogP contribution in [0.4, 0.5) is 0 Å². The lowest BCUT2D eigenvalue weighted by Crippen LogP contribution is -2.11. The van der Waals surface area contributed by atoms with Gasteiger partial charge in [-0.3, -0.25) is 0 Å². The molecule has 1 aliphatic heterocycles. The summed E-state index contributed by atoms with van der Waals surface area (Å²) >= 11 is 2.03. The molecule has 0 aromatic heterocycles. The SMILES string of the molecule is CC(C)=CCC1(C)C=CCS1. The van der Waals surface area contributed by atoms with E-state index in [4.69, 9.17) is 0 Å². The molecule has 62 valence electrons. The highest BCUT2D eigenvalue weighted by atomic mass is 32.2. The molecule has 0 saturated carbocycles. The Morgan fingerprint density at radius 2 is 2.36 bits per heavy atom. The number of hydrogen-bond donors (Lipinski definition) is 0. The first-order valence-corrected chi connectivity index (χ1v) is 5.06. The van der Waals surface area contributed by atoms with Crippen molar-refractivity contribution in [2.45, 2.75) is 31.9 Å². The van der Waals surface area contributed by atoms with E-state index < -0.39 is 0 Å². The Labute approximate surface area is 73.8 Å². The fourth-order valence-corrected chi connectivity index (χ4v) is 2.08. The summed E-state index contributed by atoms with van der Waals surface area (Å²) in [6.07, 6.45) is 8.10. The van der Waals surface area contributed by atoms with Crippen LogP contribution in [-0.2, 0) is 0 Å². The Balaban J connectivity index is 2.48. The maximum absolute atomic E-state index is 2.33. The Morgan fingerprint density at radius 3 is 2.82 bits per heavy atom. The first-order chi connectivity index (χ1) is 5.12. The molecule has 0 aromatic rings. The molecular formula is C10H16S. The minimum Gasteiger partial charge on any atom is -0.147 e. The summed E-state index contributed by atoms with van der Waals surface area (Å²) in [6.45, 7) is 6.62. The highest BCUT2D eigenvalue weighted by Crippen LogP contribution is 2.35. The lowest BCUT2D eigenvalue weighted by Gasteiger charge is -2.18. The van der Waals surface area contributed by atoms with Crippen LogP contribution in [-0.4, -0.2) is 10.5 Å². The van der Waals surface area contributed by atoms with Gasteiger partial charge in [-0.1, -0.05) is 23.8 Å². The van der Waals surface area contributed by atoms with Gasteiger partial charge in [-0.05, 0) is 27.2 Å². The van der Waals surface area contributed by atoms with Gasteiger partial charge in [-0.25, -0.2) is 0 Å². The van der Waals surface area contributed by atoms with Crippen molar-refractivity contribution in [1.29, 1.82) is 0 Å². The first-order valence-electron chi connectivity index (χ1n) is 4.07. The number of thioether (sulfide) groups is 1. The molecule has 0 N–H and O–H groups in total. The highest BCUT2D eigenvalue weighted by molar-refractivity contribution is 8.01. The Bertz CT molecular complexity index is 187. The van der Waals surface area contributed by atoms with E-state index in [9.17, 15) is 0 Å². The van der Waals surface area contributed by atoms with Gasteiger partial charge >= 0.3 is 0 Å². The number of hydrogen-bond acceptors (Lipinski definition) is 1. The maximum atomic E-state index is 2.33. The predicted molar refractivity (Wildman–Crippen MR) is 54.1 cm³/mol. The van der Waals surface area contributed by atoms with E-state index in [0.717, 1.165) is 0 Å². The van der Waals surface area contributed by atoms with Crippen LogP contribution in [0.1, 0.15) is 27.2 Å². The molecular weight excluding hydrogens is 152 g/mol. The quantitative estimate of drug-likeness (QED) is 0.569. The molecule has 1 heterocycles. The molecule has 0 saturated heterocycles. The topological polar surface area (TPSA) is 0 Å². The summed E-state index contributed by atoms with van der Waals surface area (Å²) in [4.78, 5) is 0. The smallest absolute Gasteiger partial charge is 0.0348 e. The van der Waals surface area contributed by atoms with Crippen LogP contribution in [0.5, 0.6) is 0 Å². The Morgan fingerprint density at radius 1 is 1.64 bits per heavy atom. The second-order valence-electron chi connectivity index (χ2n) is 3.51. The Hall–Kier alpha value is -0.170. The third kappa shape index (κ3) is 2.74. The second-order valence-corrected chi connectivity index (χ2v) is 5.07. The van der Waals surface area contributed by atoms with Crippen molar-refractivity contribution in [3.05, 3.63) is 23.8 Å². The van der Waals surface area contributed by atoms with Gasteiger partial charge < -0.3 is 0 Å². The van der Waals surface area contributed by atoms with Crippen molar-refractivity contribution in [2.24, 2.45) is 0 Å². The molecule has 0 nitrogen and oxygen atoms in total. The van der Waals surface area contributed by atoms with Crippen LogP contribution in [0.3, 0.4) is 0 Å². The van der Waals surface area contributed by atoms with Crippen LogP contribution < -0.4 is 0 Å². The van der Waals surface area contributed by atoms with Crippen molar-refractivity contribution < 1.29 is 0 Å². The van der Waals surface area contributed by atoms with Crippen molar-refractivity contribution in [3.8, 4) is 0 Å². The summed E-state index contributed by atoms with van der Waals surface area (Å²) in [7, 11) is 0. The van der Waals surface area contributed by atoms with Crippen LogP contribution in [0.2, 0.25) is 0 Å². The summed E-state index contributed by atoms with van der Waals surface area (Å²) in [5, 5.41) is 0. The molecule has 0 aromatic carbocycles. The van der Waals surface area contributed by atoms with Gasteiger partial charge in [0.1, 0.15) is 0 Å². The van der Waals surface area contributed by atoms with E-state index in [1.54, 1.807) is 0 Å². The molecule has 1 atom stereocenters. The van der Waals surface area contributed by atoms with Gasteiger partial charge in [0.25, 0.3) is 0 Å². The molecule has 0 amide bonds. The minimum atomic E-state index is 0.386. The van der Waals surface area contributed by atoms with Gasteiger partial charge in [-0.2, -0.15) is 0 Å². The summed E-state index contributed by atoms with van der Waals surface area (Å²) in [6, 6.07) is 0. The Kier molecular flexibility index (Phi) is 2.83. The normalized spacial score (nSPS) is 29.0. The molecule has 0 radical (unpaired) electrons. The molecule has 11 heavy (non-hydrogen) atoms. The fraction of sp³-hybridized carbons (Fsp3) is 0.600. The average Bonchev–Trinajstić information content (AvgIpc) is 2.33. The van der Waals surface area contributed by atoms with Gasteiger partial charge in [0.15, 0.2) is 0 Å².